The Hall–Kier alpha value is -2.95. The summed E-state index contributed by atoms with van der Waals surface area (Å²) in [5.74, 6) is 0.590. The van der Waals surface area contributed by atoms with Crippen LogP contribution in [0.1, 0.15) is 27.9 Å². The lowest BCUT2D eigenvalue weighted by Gasteiger charge is -2.32. The second kappa shape index (κ2) is 12.1. The monoisotopic (exact) mass is 557 g/mol. The summed E-state index contributed by atoms with van der Waals surface area (Å²) in [7, 11) is -2.48. The lowest BCUT2D eigenvalue weighted by atomic mass is 10.1. The van der Waals surface area contributed by atoms with Crippen LogP contribution in [0.3, 0.4) is 0 Å². The Morgan fingerprint density at radius 1 is 1.08 bits per heavy atom. The highest BCUT2D eigenvalue weighted by atomic mass is 35.5. The number of aromatic nitrogens is 1. The molecule has 10 heteroatoms. The van der Waals surface area contributed by atoms with E-state index in [0.717, 1.165) is 10.6 Å². The molecule has 1 heterocycles. The first-order valence-electron chi connectivity index (χ1n) is 11.5. The Kier molecular flexibility index (Phi) is 8.83. The van der Waals surface area contributed by atoms with E-state index in [1.165, 1.54) is 16.4 Å². The zero-order valence-electron chi connectivity index (χ0n) is 20.5. The molecule has 0 aliphatic rings. The summed E-state index contributed by atoms with van der Waals surface area (Å²) in [5.41, 5.74) is 10.7. The Bertz CT molecular complexity index is 1440. The van der Waals surface area contributed by atoms with E-state index in [0.29, 0.717) is 34.0 Å². The first-order valence-corrected chi connectivity index (χ1v) is 14.2. The highest BCUT2D eigenvalue weighted by Gasteiger charge is 2.34. The summed E-state index contributed by atoms with van der Waals surface area (Å²) < 4.78 is 41.3. The lowest BCUT2D eigenvalue weighted by molar-refractivity contribution is -0.0234. The summed E-state index contributed by atoms with van der Waals surface area (Å²) in [6, 6.07) is 20.5. The molecule has 7 nitrogen and oxygen atoms in total. The number of nitrogens with two attached hydrogens (primary N) is 1. The Labute approximate surface area is 226 Å². The van der Waals surface area contributed by atoms with Crippen LogP contribution in [0.4, 0.5) is 5.69 Å². The van der Waals surface area contributed by atoms with Gasteiger partial charge >= 0.3 is 0 Å². The van der Waals surface area contributed by atoms with Crippen LogP contribution >= 0.6 is 22.9 Å². The van der Waals surface area contributed by atoms with E-state index >= 15 is 0 Å². The second-order valence-electron chi connectivity index (χ2n) is 8.31. The maximum absolute atomic E-state index is 14.1. The van der Waals surface area contributed by atoms with Gasteiger partial charge in [-0.15, -0.1) is 11.3 Å². The number of thiazole rings is 1. The van der Waals surface area contributed by atoms with Crippen molar-refractivity contribution in [3.8, 4) is 5.75 Å². The van der Waals surface area contributed by atoms with Gasteiger partial charge in [0.15, 0.2) is 6.23 Å². The van der Waals surface area contributed by atoms with Crippen molar-refractivity contribution >= 4 is 38.6 Å². The third kappa shape index (κ3) is 6.49. The molecule has 0 aliphatic carbocycles. The Balaban J connectivity index is 1.78. The van der Waals surface area contributed by atoms with Gasteiger partial charge in [0.1, 0.15) is 5.75 Å². The fourth-order valence-corrected chi connectivity index (χ4v) is 6.24. The summed E-state index contributed by atoms with van der Waals surface area (Å²) in [6.45, 7) is 2.22. The number of methoxy groups -OCH3 is 1. The van der Waals surface area contributed by atoms with Gasteiger partial charge in [0.05, 0.1) is 29.8 Å². The van der Waals surface area contributed by atoms with Gasteiger partial charge in [-0.25, -0.2) is 13.4 Å². The van der Waals surface area contributed by atoms with Crippen LogP contribution in [-0.2, 0) is 27.7 Å². The number of hydrogen-bond acceptors (Lipinski definition) is 7. The molecule has 4 rings (SSSR count). The van der Waals surface area contributed by atoms with Crippen LogP contribution in [0.15, 0.2) is 83.2 Å². The molecule has 1 aromatic heterocycles. The lowest BCUT2D eigenvalue weighted by Crippen LogP contribution is -2.36. The largest absolute Gasteiger partial charge is 0.497 e. The first kappa shape index (κ1) is 27.1. The van der Waals surface area contributed by atoms with E-state index in [9.17, 15) is 8.42 Å². The minimum Gasteiger partial charge on any atom is -0.497 e. The minimum atomic E-state index is -4.05. The maximum Gasteiger partial charge on any atom is 0.245 e. The Morgan fingerprint density at radius 3 is 2.51 bits per heavy atom. The molecule has 1 unspecified atom stereocenters. The SMILES string of the molecule is COc1cccc(C(OCCc2scnc2C)N(Cc2ccccc2N)S(=O)(=O)c2ccc(Cl)cc2)c1. The van der Waals surface area contributed by atoms with Crippen molar-refractivity contribution in [2.24, 2.45) is 0 Å². The fraction of sp³-hybridized carbons (Fsp3) is 0.222. The van der Waals surface area contributed by atoms with Crippen LogP contribution < -0.4 is 10.5 Å². The first-order chi connectivity index (χ1) is 17.8. The molecule has 0 amide bonds. The third-order valence-corrected chi connectivity index (χ3v) is 8.94. The van der Waals surface area contributed by atoms with Crippen LogP contribution in [0.2, 0.25) is 5.02 Å². The number of nitrogens with zero attached hydrogens (tertiary/aromatic N) is 2. The predicted octanol–water partition coefficient (Wildman–Crippen LogP) is 5.84. The zero-order chi connectivity index (χ0) is 26.4. The number of ether oxygens (including phenoxy) is 2. The molecular formula is C27H28ClN3O4S2. The number of anilines is 1. The van der Waals surface area contributed by atoms with E-state index in [2.05, 4.69) is 4.98 Å². The molecule has 3 aromatic carbocycles. The number of rotatable bonds is 11. The molecule has 0 spiro atoms. The van der Waals surface area contributed by atoms with Gasteiger partial charge in [0.2, 0.25) is 10.0 Å². The number of aryl methyl sites for hydroxylation is 1. The third-order valence-electron chi connectivity index (χ3n) is 5.89. The molecule has 37 heavy (non-hydrogen) atoms. The van der Waals surface area contributed by atoms with Crippen LogP contribution in [0, 0.1) is 6.92 Å². The van der Waals surface area contributed by atoms with Crippen molar-refractivity contribution in [2.75, 3.05) is 19.5 Å². The van der Waals surface area contributed by atoms with Gasteiger partial charge < -0.3 is 15.2 Å². The average Bonchev–Trinajstić information content (AvgIpc) is 3.31. The van der Waals surface area contributed by atoms with Crippen molar-refractivity contribution in [1.29, 1.82) is 0 Å². The molecule has 4 aromatic rings. The van der Waals surface area contributed by atoms with Crippen molar-refractivity contribution < 1.29 is 17.9 Å². The molecule has 0 aliphatic heterocycles. The summed E-state index contributed by atoms with van der Waals surface area (Å²) in [4.78, 5) is 5.48. The Morgan fingerprint density at radius 2 is 1.84 bits per heavy atom. The normalized spacial score (nSPS) is 12.5. The highest BCUT2D eigenvalue weighted by Crippen LogP contribution is 2.34. The number of benzene rings is 3. The quantitative estimate of drug-likeness (QED) is 0.184. The van der Waals surface area contributed by atoms with Crippen LogP contribution in [0.25, 0.3) is 0 Å². The van der Waals surface area contributed by atoms with Crippen LogP contribution in [-0.4, -0.2) is 31.4 Å². The van der Waals surface area contributed by atoms with Crippen molar-refractivity contribution in [3.63, 3.8) is 0 Å². The van der Waals surface area contributed by atoms with Crippen molar-refractivity contribution in [2.45, 2.75) is 31.0 Å². The van der Waals surface area contributed by atoms with E-state index < -0.39 is 16.3 Å². The van der Waals surface area contributed by atoms with Gasteiger partial charge in [-0.1, -0.05) is 41.9 Å². The zero-order valence-corrected chi connectivity index (χ0v) is 22.9. The van der Waals surface area contributed by atoms with E-state index in [1.54, 1.807) is 54.3 Å². The number of nitrogen functional groups attached to an aromatic ring is 1. The van der Waals surface area contributed by atoms with E-state index in [1.807, 2.05) is 37.3 Å². The average molecular weight is 558 g/mol. The molecule has 0 fully saturated rings. The molecule has 0 saturated heterocycles. The molecule has 2 N–H and O–H groups in total. The van der Waals surface area contributed by atoms with Crippen molar-refractivity contribution in [1.82, 2.24) is 9.29 Å². The summed E-state index contributed by atoms with van der Waals surface area (Å²) in [6.07, 6.45) is -0.358. The highest BCUT2D eigenvalue weighted by molar-refractivity contribution is 7.89. The maximum atomic E-state index is 14.1. The summed E-state index contributed by atoms with van der Waals surface area (Å²) in [5, 5.41) is 0.443. The molecule has 1 atom stereocenters. The van der Waals surface area contributed by atoms with Crippen molar-refractivity contribution in [3.05, 3.63) is 105 Å². The standard InChI is InChI=1S/C27H28ClN3O4S2/c1-19-26(36-18-30-19)14-15-35-27(20-7-5-8-23(16-20)34-2)31(17-21-6-3-4-9-25(21)29)37(32,33)24-12-10-22(28)11-13-24/h3-13,16,18,27H,14-15,17,29H2,1-2H3. The molecule has 0 bridgehead atoms. The van der Waals surface area contributed by atoms with E-state index in [4.69, 9.17) is 26.8 Å². The van der Waals surface area contributed by atoms with Gasteiger partial charge in [-0.3, -0.25) is 0 Å². The molecule has 0 radical (unpaired) electrons. The number of halogens is 1. The van der Waals surface area contributed by atoms with Gasteiger partial charge in [0.25, 0.3) is 0 Å². The number of sulfonamides is 1. The smallest absolute Gasteiger partial charge is 0.245 e. The van der Waals surface area contributed by atoms with E-state index in [-0.39, 0.29) is 18.0 Å². The number of para-hydroxylation sites is 1. The topological polar surface area (TPSA) is 94.8 Å². The van der Waals surface area contributed by atoms with Gasteiger partial charge in [-0.2, -0.15) is 4.31 Å². The second-order valence-corrected chi connectivity index (χ2v) is 11.6. The number of hydrogen-bond donors (Lipinski definition) is 1. The van der Waals surface area contributed by atoms with Gasteiger partial charge in [-0.05, 0) is 55.0 Å². The fourth-order valence-electron chi connectivity index (χ4n) is 3.85. The van der Waals surface area contributed by atoms with Crippen LogP contribution in [0.5, 0.6) is 5.75 Å². The molecule has 194 valence electrons. The summed E-state index contributed by atoms with van der Waals surface area (Å²) >= 11 is 7.59. The minimum absolute atomic E-state index is 0.000898. The predicted molar refractivity (Wildman–Crippen MR) is 147 cm³/mol. The molecular weight excluding hydrogens is 530 g/mol. The van der Waals surface area contributed by atoms with Gasteiger partial charge in [0, 0.05) is 34.1 Å². The molecule has 0 saturated carbocycles.